The van der Waals surface area contributed by atoms with Gasteiger partial charge in [-0.05, 0) is 42.0 Å². The Bertz CT molecular complexity index is 393. The number of hydrogen-bond acceptors (Lipinski definition) is 3. The van der Waals surface area contributed by atoms with Crippen molar-refractivity contribution >= 4 is 46.0 Å². The predicted octanol–water partition coefficient (Wildman–Crippen LogP) is 3.08. The van der Waals surface area contributed by atoms with Gasteiger partial charge < -0.3 is 10.6 Å². The first-order chi connectivity index (χ1) is 8.63. The Morgan fingerprint density at radius 2 is 2.11 bits per heavy atom. The van der Waals surface area contributed by atoms with Crippen LogP contribution in [-0.2, 0) is 4.79 Å². The van der Waals surface area contributed by atoms with E-state index >= 15 is 0 Å². The van der Waals surface area contributed by atoms with Gasteiger partial charge in [-0.3, -0.25) is 4.79 Å². The third-order valence-corrected chi connectivity index (χ3v) is 4.55. The molecule has 0 fully saturated rings. The lowest BCUT2D eigenvalue weighted by Crippen LogP contribution is -2.37. The minimum atomic E-state index is 0. The zero-order valence-corrected chi connectivity index (χ0v) is 14.3. The molecule has 1 rings (SSSR count). The largest absolute Gasteiger partial charge is 0.355 e. The fourth-order valence-corrected chi connectivity index (χ4v) is 2.79. The second kappa shape index (κ2) is 10.5. The van der Waals surface area contributed by atoms with Crippen LogP contribution in [0.15, 0.2) is 33.6 Å². The van der Waals surface area contributed by atoms with Gasteiger partial charge in [0.25, 0.3) is 0 Å². The molecule has 0 aromatic heterocycles. The molecule has 0 aliphatic rings. The van der Waals surface area contributed by atoms with Crippen molar-refractivity contribution in [1.82, 2.24) is 10.6 Å². The summed E-state index contributed by atoms with van der Waals surface area (Å²) in [5.74, 6) is 0.902. The molecule has 0 spiro atoms. The van der Waals surface area contributed by atoms with Crippen LogP contribution in [0.3, 0.4) is 0 Å². The van der Waals surface area contributed by atoms with E-state index in [2.05, 4.69) is 32.6 Å². The summed E-state index contributed by atoms with van der Waals surface area (Å²) in [6.07, 6.45) is 0.544. The molecular weight excluding hydrogens is 348 g/mol. The van der Waals surface area contributed by atoms with Crippen LogP contribution in [0.5, 0.6) is 0 Å². The fraction of sp³-hybridized carbons (Fsp3) is 0.462. The maximum absolute atomic E-state index is 11.6. The number of nitrogens with one attached hydrogen (secondary N) is 2. The van der Waals surface area contributed by atoms with Gasteiger partial charge in [0, 0.05) is 34.1 Å². The molecule has 0 saturated heterocycles. The van der Waals surface area contributed by atoms with Crippen LogP contribution < -0.4 is 10.6 Å². The van der Waals surface area contributed by atoms with E-state index in [1.807, 2.05) is 32.2 Å². The quantitative estimate of drug-likeness (QED) is 0.728. The van der Waals surface area contributed by atoms with Gasteiger partial charge in [0.15, 0.2) is 0 Å². The first-order valence-corrected chi connectivity index (χ1v) is 7.72. The van der Waals surface area contributed by atoms with Crippen LogP contribution in [0.4, 0.5) is 0 Å². The summed E-state index contributed by atoms with van der Waals surface area (Å²) in [5.41, 5.74) is 0. The maximum atomic E-state index is 11.6. The number of halogens is 2. The highest BCUT2D eigenvalue weighted by Crippen LogP contribution is 2.27. The van der Waals surface area contributed by atoms with Gasteiger partial charge >= 0.3 is 0 Å². The van der Waals surface area contributed by atoms with E-state index in [1.54, 1.807) is 11.8 Å². The predicted molar refractivity (Wildman–Crippen MR) is 88.3 cm³/mol. The highest BCUT2D eigenvalue weighted by atomic mass is 79.9. The molecule has 0 aliphatic heterocycles. The van der Waals surface area contributed by atoms with Gasteiger partial charge in [0.1, 0.15) is 0 Å². The minimum absolute atomic E-state index is 0. The number of carbonyl (C=O) groups is 1. The van der Waals surface area contributed by atoms with E-state index in [1.165, 1.54) is 4.90 Å². The first-order valence-electron chi connectivity index (χ1n) is 5.94. The SMILES string of the molecule is CNC(C)CNC(=O)CCSc1ccccc1Br.Cl. The lowest BCUT2D eigenvalue weighted by atomic mass is 10.3. The van der Waals surface area contributed by atoms with Crippen LogP contribution in [0.25, 0.3) is 0 Å². The molecule has 3 nitrogen and oxygen atoms in total. The molecule has 6 heteroatoms. The van der Waals surface area contributed by atoms with Crippen LogP contribution >= 0.6 is 40.1 Å². The molecule has 0 radical (unpaired) electrons. The molecular formula is C13H20BrClN2OS. The van der Waals surface area contributed by atoms with Gasteiger partial charge in [-0.15, -0.1) is 24.2 Å². The van der Waals surface area contributed by atoms with Crippen molar-refractivity contribution < 1.29 is 4.79 Å². The van der Waals surface area contributed by atoms with Crippen molar-refractivity contribution in [1.29, 1.82) is 0 Å². The van der Waals surface area contributed by atoms with E-state index in [-0.39, 0.29) is 18.3 Å². The Balaban J connectivity index is 0.00000324. The topological polar surface area (TPSA) is 41.1 Å². The standard InChI is InChI=1S/C13H19BrN2OS.ClH/c1-10(15-2)9-16-13(17)7-8-18-12-6-4-3-5-11(12)14;/h3-6,10,15H,7-9H2,1-2H3,(H,16,17);1H. The van der Waals surface area contributed by atoms with Crippen LogP contribution in [0, 0.1) is 0 Å². The zero-order valence-electron chi connectivity index (χ0n) is 11.1. The van der Waals surface area contributed by atoms with Crippen molar-refractivity contribution in [3.05, 3.63) is 28.7 Å². The van der Waals surface area contributed by atoms with E-state index in [0.29, 0.717) is 19.0 Å². The Kier molecular flexibility index (Phi) is 10.4. The Labute approximate surface area is 133 Å². The molecule has 19 heavy (non-hydrogen) atoms. The second-order valence-corrected chi connectivity index (χ2v) is 6.01. The molecule has 1 aromatic carbocycles. The number of benzene rings is 1. The average molecular weight is 368 g/mol. The third kappa shape index (κ3) is 7.82. The second-order valence-electron chi connectivity index (χ2n) is 4.02. The summed E-state index contributed by atoms with van der Waals surface area (Å²) in [4.78, 5) is 12.7. The lowest BCUT2D eigenvalue weighted by molar-refractivity contribution is -0.120. The summed E-state index contributed by atoms with van der Waals surface area (Å²) >= 11 is 5.19. The van der Waals surface area contributed by atoms with E-state index in [0.717, 1.165) is 10.2 Å². The molecule has 2 N–H and O–H groups in total. The van der Waals surface area contributed by atoms with Gasteiger partial charge in [-0.1, -0.05) is 12.1 Å². The Morgan fingerprint density at radius 3 is 2.74 bits per heavy atom. The molecule has 1 amide bonds. The normalized spacial score (nSPS) is 11.5. The van der Waals surface area contributed by atoms with Crippen molar-refractivity contribution in [3.8, 4) is 0 Å². The monoisotopic (exact) mass is 366 g/mol. The van der Waals surface area contributed by atoms with Crippen molar-refractivity contribution in [3.63, 3.8) is 0 Å². The maximum Gasteiger partial charge on any atom is 0.220 e. The van der Waals surface area contributed by atoms with E-state index in [4.69, 9.17) is 0 Å². The fourth-order valence-electron chi connectivity index (χ4n) is 1.27. The molecule has 1 atom stereocenters. The van der Waals surface area contributed by atoms with Crippen LogP contribution in [-0.4, -0.2) is 31.3 Å². The Morgan fingerprint density at radius 1 is 1.42 bits per heavy atom. The number of thioether (sulfide) groups is 1. The number of amides is 1. The smallest absolute Gasteiger partial charge is 0.220 e. The number of rotatable bonds is 7. The summed E-state index contributed by atoms with van der Waals surface area (Å²) in [6, 6.07) is 8.36. The van der Waals surface area contributed by atoms with Gasteiger partial charge in [0.2, 0.25) is 5.91 Å². The summed E-state index contributed by atoms with van der Waals surface area (Å²) in [7, 11) is 1.89. The van der Waals surface area contributed by atoms with E-state index < -0.39 is 0 Å². The van der Waals surface area contributed by atoms with Gasteiger partial charge in [-0.25, -0.2) is 0 Å². The summed E-state index contributed by atoms with van der Waals surface area (Å²) < 4.78 is 1.08. The molecule has 0 bridgehead atoms. The molecule has 108 valence electrons. The highest BCUT2D eigenvalue weighted by Gasteiger charge is 2.05. The minimum Gasteiger partial charge on any atom is -0.355 e. The van der Waals surface area contributed by atoms with Crippen LogP contribution in [0.2, 0.25) is 0 Å². The average Bonchev–Trinajstić information content (AvgIpc) is 2.38. The van der Waals surface area contributed by atoms with E-state index in [9.17, 15) is 4.79 Å². The zero-order chi connectivity index (χ0) is 13.4. The number of carbonyl (C=O) groups excluding carboxylic acids is 1. The summed E-state index contributed by atoms with van der Waals surface area (Å²) in [5, 5.41) is 5.99. The van der Waals surface area contributed by atoms with Gasteiger partial charge in [0.05, 0.1) is 0 Å². The lowest BCUT2D eigenvalue weighted by Gasteiger charge is -2.11. The third-order valence-electron chi connectivity index (χ3n) is 2.52. The van der Waals surface area contributed by atoms with Crippen molar-refractivity contribution in [2.24, 2.45) is 0 Å². The van der Waals surface area contributed by atoms with Crippen molar-refractivity contribution in [2.75, 3.05) is 19.3 Å². The molecule has 0 aliphatic carbocycles. The molecule has 0 heterocycles. The van der Waals surface area contributed by atoms with Crippen LogP contribution in [0.1, 0.15) is 13.3 Å². The highest BCUT2D eigenvalue weighted by molar-refractivity contribution is 9.10. The van der Waals surface area contributed by atoms with Crippen molar-refractivity contribution in [2.45, 2.75) is 24.3 Å². The molecule has 1 aromatic rings. The number of likely N-dealkylation sites (N-methyl/N-ethyl adjacent to an activating group) is 1. The first kappa shape index (κ1) is 18.8. The number of hydrogen-bond donors (Lipinski definition) is 2. The Hall–Kier alpha value is -0.230. The van der Waals surface area contributed by atoms with Gasteiger partial charge in [-0.2, -0.15) is 0 Å². The summed E-state index contributed by atoms with van der Waals surface area (Å²) in [6.45, 7) is 2.71. The molecule has 0 saturated carbocycles. The molecule has 1 unspecified atom stereocenters.